The van der Waals surface area contributed by atoms with E-state index in [1.54, 1.807) is 23.1 Å². The van der Waals surface area contributed by atoms with Crippen LogP contribution in [0.25, 0.3) is 0 Å². The molecule has 1 saturated heterocycles. The molecule has 27 heavy (non-hydrogen) atoms. The molecule has 2 aromatic heterocycles. The maximum Gasteiger partial charge on any atom is 0.239 e. The molecule has 144 valence electrons. The SMILES string of the molecule is CC(C)n1nccc1NC(=O)CN1CCC[C@](C(N)=O)(c2ccccn2)C1. The summed E-state index contributed by atoms with van der Waals surface area (Å²) in [6, 6.07) is 7.41. The highest BCUT2D eigenvalue weighted by Gasteiger charge is 2.43. The summed E-state index contributed by atoms with van der Waals surface area (Å²) >= 11 is 0. The third-order valence-electron chi connectivity index (χ3n) is 4.99. The van der Waals surface area contributed by atoms with Crippen LogP contribution >= 0.6 is 0 Å². The van der Waals surface area contributed by atoms with Gasteiger partial charge in [0.2, 0.25) is 11.8 Å². The molecule has 0 spiro atoms. The molecule has 1 aliphatic heterocycles. The lowest BCUT2D eigenvalue weighted by Crippen LogP contribution is -2.55. The maximum atomic E-state index is 12.5. The van der Waals surface area contributed by atoms with Crippen LogP contribution in [0.15, 0.2) is 36.7 Å². The fraction of sp³-hybridized carbons (Fsp3) is 0.474. The Balaban J connectivity index is 1.71. The van der Waals surface area contributed by atoms with Crippen LogP contribution in [-0.4, -0.2) is 51.1 Å². The number of anilines is 1. The Kier molecular flexibility index (Phi) is 5.55. The third kappa shape index (κ3) is 4.00. The molecule has 3 rings (SSSR count). The van der Waals surface area contributed by atoms with Gasteiger partial charge < -0.3 is 11.1 Å². The Morgan fingerprint density at radius 2 is 2.11 bits per heavy atom. The first-order chi connectivity index (χ1) is 12.9. The average molecular weight is 370 g/mol. The normalized spacial score (nSPS) is 20.6. The summed E-state index contributed by atoms with van der Waals surface area (Å²) in [5, 5.41) is 7.12. The largest absolute Gasteiger partial charge is 0.369 e. The van der Waals surface area contributed by atoms with Gasteiger partial charge >= 0.3 is 0 Å². The van der Waals surface area contributed by atoms with Gasteiger partial charge in [-0.3, -0.25) is 19.5 Å². The van der Waals surface area contributed by atoms with E-state index in [9.17, 15) is 9.59 Å². The van der Waals surface area contributed by atoms with E-state index in [2.05, 4.69) is 15.4 Å². The van der Waals surface area contributed by atoms with Gasteiger partial charge in [-0.25, -0.2) is 4.68 Å². The first-order valence-electron chi connectivity index (χ1n) is 9.19. The second-order valence-corrected chi connectivity index (χ2v) is 7.28. The van der Waals surface area contributed by atoms with Gasteiger partial charge in [0.1, 0.15) is 11.2 Å². The summed E-state index contributed by atoms with van der Waals surface area (Å²) in [5.41, 5.74) is 5.58. The van der Waals surface area contributed by atoms with Crippen LogP contribution in [0.3, 0.4) is 0 Å². The van der Waals surface area contributed by atoms with Crippen molar-refractivity contribution in [3.63, 3.8) is 0 Å². The zero-order valence-electron chi connectivity index (χ0n) is 15.8. The van der Waals surface area contributed by atoms with Gasteiger partial charge in [-0.2, -0.15) is 5.10 Å². The summed E-state index contributed by atoms with van der Waals surface area (Å²) in [6.07, 6.45) is 4.74. The fourth-order valence-electron chi connectivity index (χ4n) is 3.67. The molecule has 3 heterocycles. The number of aromatic nitrogens is 3. The molecule has 8 heteroatoms. The van der Waals surface area contributed by atoms with E-state index in [0.717, 1.165) is 13.0 Å². The summed E-state index contributed by atoms with van der Waals surface area (Å²) in [6.45, 7) is 5.31. The highest BCUT2D eigenvalue weighted by Crippen LogP contribution is 2.32. The molecule has 0 radical (unpaired) electrons. The van der Waals surface area contributed by atoms with Crippen molar-refractivity contribution in [3.05, 3.63) is 42.4 Å². The Morgan fingerprint density at radius 1 is 1.30 bits per heavy atom. The predicted molar refractivity (Wildman–Crippen MR) is 102 cm³/mol. The van der Waals surface area contributed by atoms with Crippen LogP contribution in [0.2, 0.25) is 0 Å². The minimum atomic E-state index is -0.862. The van der Waals surface area contributed by atoms with Crippen LogP contribution in [0, 0.1) is 0 Å². The van der Waals surface area contributed by atoms with Crippen LogP contribution in [0.5, 0.6) is 0 Å². The topological polar surface area (TPSA) is 106 Å². The number of amides is 2. The first-order valence-corrected chi connectivity index (χ1v) is 9.19. The third-order valence-corrected chi connectivity index (χ3v) is 4.99. The van der Waals surface area contributed by atoms with E-state index >= 15 is 0 Å². The number of carbonyl (C=O) groups is 2. The van der Waals surface area contributed by atoms with Crippen LogP contribution in [0.1, 0.15) is 38.4 Å². The zero-order chi connectivity index (χ0) is 19.4. The molecule has 0 unspecified atom stereocenters. The highest BCUT2D eigenvalue weighted by molar-refractivity contribution is 5.91. The molecular weight excluding hydrogens is 344 g/mol. The molecule has 3 N–H and O–H groups in total. The van der Waals surface area contributed by atoms with Crippen LogP contribution in [0.4, 0.5) is 5.82 Å². The monoisotopic (exact) mass is 370 g/mol. The number of rotatable bonds is 6. The van der Waals surface area contributed by atoms with Gasteiger partial charge in [-0.15, -0.1) is 0 Å². The van der Waals surface area contributed by atoms with Gasteiger partial charge in [-0.05, 0) is 45.4 Å². The number of nitrogens with one attached hydrogen (secondary N) is 1. The highest BCUT2D eigenvalue weighted by atomic mass is 16.2. The summed E-state index contributed by atoms with van der Waals surface area (Å²) in [7, 11) is 0. The number of likely N-dealkylation sites (tertiary alicyclic amines) is 1. The number of nitrogens with zero attached hydrogens (tertiary/aromatic N) is 4. The second-order valence-electron chi connectivity index (χ2n) is 7.28. The van der Waals surface area contributed by atoms with Crippen molar-refractivity contribution < 1.29 is 9.59 Å². The molecule has 0 aliphatic carbocycles. The van der Waals surface area contributed by atoms with Crippen molar-refractivity contribution in [1.82, 2.24) is 19.7 Å². The lowest BCUT2D eigenvalue weighted by molar-refractivity contribution is -0.127. The minimum absolute atomic E-state index is 0.140. The molecule has 0 saturated carbocycles. The molecule has 2 aromatic rings. The zero-order valence-corrected chi connectivity index (χ0v) is 15.8. The predicted octanol–water partition coefficient (Wildman–Crippen LogP) is 1.32. The van der Waals surface area contributed by atoms with Gasteiger partial charge in [0, 0.05) is 24.8 Å². The quantitative estimate of drug-likeness (QED) is 0.798. The summed E-state index contributed by atoms with van der Waals surface area (Å²) in [5.74, 6) is 0.126. The number of hydrogen-bond donors (Lipinski definition) is 2. The molecular formula is C19H26N6O2. The van der Waals surface area contributed by atoms with Gasteiger partial charge in [0.25, 0.3) is 0 Å². The molecule has 1 aliphatic rings. The van der Waals surface area contributed by atoms with E-state index in [1.807, 2.05) is 36.9 Å². The molecule has 2 amide bonds. The Bertz CT molecular complexity index is 804. The van der Waals surface area contributed by atoms with E-state index in [-0.39, 0.29) is 18.5 Å². The summed E-state index contributed by atoms with van der Waals surface area (Å²) < 4.78 is 1.76. The van der Waals surface area contributed by atoms with E-state index in [0.29, 0.717) is 24.5 Å². The maximum absolute atomic E-state index is 12.5. The number of pyridine rings is 1. The summed E-state index contributed by atoms with van der Waals surface area (Å²) in [4.78, 5) is 31.2. The molecule has 0 aromatic carbocycles. The fourth-order valence-corrected chi connectivity index (χ4v) is 3.67. The van der Waals surface area contributed by atoms with Crippen LogP contribution in [-0.2, 0) is 15.0 Å². The number of primary amides is 1. The second kappa shape index (κ2) is 7.87. The number of nitrogens with two attached hydrogens (primary N) is 1. The molecule has 1 atom stereocenters. The lowest BCUT2D eigenvalue weighted by atomic mass is 9.76. The van der Waals surface area contributed by atoms with Gasteiger partial charge in [0.05, 0.1) is 18.4 Å². The van der Waals surface area contributed by atoms with Crippen molar-refractivity contribution in [2.75, 3.05) is 25.0 Å². The van der Waals surface area contributed by atoms with E-state index < -0.39 is 11.3 Å². The lowest BCUT2D eigenvalue weighted by Gasteiger charge is -2.40. The van der Waals surface area contributed by atoms with Crippen molar-refractivity contribution in [1.29, 1.82) is 0 Å². The standard InChI is InChI=1S/C19H26N6O2/c1-14(2)25-16(7-10-22-25)23-17(26)12-24-11-5-8-19(13-24,18(20)27)15-6-3-4-9-21-15/h3-4,6-7,9-10,14H,5,8,11-13H2,1-2H3,(H2,20,27)(H,23,26)/t19-/m1/s1. The van der Waals surface area contributed by atoms with Gasteiger partial charge in [0.15, 0.2) is 0 Å². The van der Waals surface area contributed by atoms with Crippen LogP contribution < -0.4 is 11.1 Å². The van der Waals surface area contributed by atoms with Crippen molar-refractivity contribution in [2.45, 2.75) is 38.1 Å². The molecule has 1 fully saturated rings. The van der Waals surface area contributed by atoms with Crippen molar-refractivity contribution >= 4 is 17.6 Å². The molecule has 8 nitrogen and oxygen atoms in total. The number of hydrogen-bond acceptors (Lipinski definition) is 5. The Morgan fingerprint density at radius 3 is 2.78 bits per heavy atom. The minimum Gasteiger partial charge on any atom is -0.369 e. The average Bonchev–Trinajstić information content (AvgIpc) is 3.10. The van der Waals surface area contributed by atoms with Crippen molar-refractivity contribution in [3.8, 4) is 0 Å². The van der Waals surface area contributed by atoms with E-state index in [4.69, 9.17) is 5.73 Å². The van der Waals surface area contributed by atoms with E-state index in [1.165, 1.54) is 0 Å². The smallest absolute Gasteiger partial charge is 0.239 e. The Labute approximate surface area is 158 Å². The molecule has 0 bridgehead atoms. The van der Waals surface area contributed by atoms with Crippen molar-refractivity contribution in [2.24, 2.45) is 5.73 Å². The number of carbonyl (C=O) groups excluding carboxylic acids is 2. The van der Waals surface area contributed by atoms with Gasteiger partial charge in [-0.1, -0.05) is 6.07 Å². The Hall–Kier alpha value is -2.74. The number of piperidine rings is 1. The first kappa shape index (κ1) is 19.0.